The van der Waals surface area contributed by atoms with E-state index < -0.39 is 0 Å². The van der Waals surface area contributed by atoms with Crippen LogP contribution in [-0.4, -0.2) is 35.8 Å². The minimum atomic E-state index is -0.367. The Morgan fingerprint density at radius 2 is 1.69 bits per heavy atom. The molecule has 1 heterocycles. The van der Waals surface area contributed by atoms with Gasteiger partial charge in [0.1, 0.15) is 12.4 Å². The second kappa shape index (κ2) is 10.6. The van der Waals surface area contributed by atoms with Gasteiger partial charge < -0.3 is 9.57 Å². The van der Waals surface area contributed by atoms with E-state index >= 15 is 0 Å². The number of hydrogen-bond acceptors (Lipinski definition) is 6. The molecule has 7 heteroatoms. The van der Waals surface area contributed by atoms with Crippen molar-refractivity contribution in [1.82, 2.24) is 5.32 Å². The Labute approximate surface area is 190 Å². The summed E-state index contributed by atoms with van der Waals surface area (Å²) in [5.74, 6) is 0.473. The van der Waals surface area contributed by atoms with E-state index in [1.807, 2.05) is 54.6 Å². The van der Waals surface area contributed by atoms with Gasteiger partial charge in [-0.05, 0) is 46.9 Å². The summed E-state index contributed by atoms with van der Waals surface area (Å²) < 4.78 is 5.66. The van der Waals surface area contributed by atoms with Gasteiger partial charge >= 0.3 is 0 Å². The molecule has 2 amide bonds. The third-order valence-electron chi connectivity index (χ3n) is 4.82. The molecule has 162 valence electrons. The molecule has 0 spiro atoms. The van der Waals surface area contributed by atoms with Crippen LogP contribution in [0, 0.1) is 0 Å². The number of benzene rings is 3. The van der Waals surface area contributed by atoms with Crippen molar-refractivity contribution in [2.24, 2.45) is 5.16 Å². The van der Waals surface area contributed by atoms with E-state index in [4.69, 9.17) is 9.57 Å². The lowest BCUT2D eigenvalue weighted by molar-refractivity contribution is -0.118. The molecule has 0 aromatic heterocycles. The zero-order chi connectivity index (χ0) is 22.2. The van der Waals surface area contributed by atoms with E-state index in [1.165, 1.54) is 0 Å². The van der Waals surface area contributed by atoms with Gasteiger partial charge in [-0.15, -0.1) is 0 Å². The van der Waals surface area contributed by atoms with Gasteiger partial charge in [0.05, 0.1) is 11.5 Å². The predicted molar refractivity (Wildman–Crippen MR) is 126 cm³/mol. The smallest absolute Gasteiger partial charge is 0.286 e. The molecule has 4 rings (SSSR count). The zero-order valence-electron chi connectivity index (χ0n) is 17.3. The van der Waals surface area contributed by atoms with E-state index in [2.05, 4.69) is 34.7 Å². The van der Waals surface area contributed by atoms with E-state index in [0.29, 0.717) is 25.4 Å². The third kappa shape index (κ3) is 5.98. The Hall–Kier alpha value is -3.58. The van der Waals surface area contributed by atoms with Gasteiger partial charge in [-0.2, -0.15) is 0 Å². The standard InChI is InChI=1S/C25H22N2O4S/c28-24-23(32-25(29)27-24)16-18-9-11-22(12-10-18)30-13-14-31-26-17-19-5-4-8-21(15-19)20-6-2-1-3-7-20/h1-12,15,17,23H,13-14,16H2,(H,27,28,29)/b26-17-. The Balaban J connectivity index is 1.19. The summed E-state index contributed by atoms with van der Waals surface area (Å²) in [5, 5.41) is 5.67. The molecule has 3 aromatic rings. The topological polar surface area (TPSA) is 77.0 Å². The lowest BCUT2D eigenvalue weighted by atomic mass is 10.0. The molecule has 32 heavy (non-hydrogen) atoms. The number of oxime groups is 1. The predicted octanol–water partition coefficient (Wildman–Crippen LogP) is 4.68. The highest BCUT2D eigenvalue weighted by Crippen LogP contribution is 2.24. The number of rotatable bonds is 9. The number of imide groups is 1. The van der Waals surface area contributed by atoms with Gasteiger partial charge in [0.15, 0.2) is 6.61 Å². The number of nitrogens with zero attached hydrogens (tertiary/aromatic N) is 1. The van der Waals surface area contributed by atoms with Crippen LogP contribution in [0.25, 0.3) is 11.1 Å². The Kier molecular flexibility index (Phi) is 7.19. The molecule has 0 aliphatic carbocycles. The van der Waals surface area contributed by atoms with Gasteiger partial charge in [-0.3, -0.25) is 14.9 Å². The van der Waals surface area contributed by atoms with Gasteiger partial charge in [0.2, 0.25) is 5.91 Å². The maximum absolute atomic E-state index is 11.7. The van der Waals surface area contributed by atoms with Crippen LogP contribution < -0.4 is 10.1 Å². The summed E-state index contributed by atoms with van der Waals surface area (Å²) in [5.41, 5.74) is 4.21. The van der Waals surface area contributed by atoms with Crippen LogP contribution in [0.1, 0.15) is 11.1 Å². The molecule has 1 saturated heterocycles. The number of hydrogen-bond donors (Lipinski definition) is 1. The van der Waals surface area contributed by atoms with Crippen LogP contribution in [0.2, 0.25) is 0 Å². The molecule has 1 atom stereocenters. The summed E-state index contributed by atoms with van der Waals surface area (Å²) in [4.78, 5) is 28.2. The number of nitrogens with one attached hydrogen (secondary N) is 1. The van der Waals surface area contributed by atoms with Crippen LogP contribution in [0.4, 0.5) is 4.79 Å². The molecule has 1 aliphatic rings. The second-order valence-electron chi connectivity index (χ2n) is 7.14. The first kappa shape index (κ1) is 21.6. The maximum Gasteiger partial charge on any atom is 0.286 e. The van der Waals surface area contributed by atoms with E-state index in [9.17, 15) is 9.59 Å². The molecule has 3 aromatic carbocycles. The molecule has 1 aliphatic heterocycles. The maximum atomic E-state index is 11.7. The van der Waals surface area contributed by atoms with Crippen molar-refractivity contribution in [3.8, 4) is 16.9 Å². The molecule has 1 N–H and O–H groups in total. The second-order valence-corrected chi connectivity index (χ2v) is 8.31. The third-order valence-corrected chi connectivity index (χ3v) is 5.81. The lowest BCUT2D eigenvalue weighted by Gasteiger charge is -2.08. The fraction of sp³-hybridized carbons (Fsp3) is 0.160. The molecule has 0 saturated carbocycles. The van der Waals surface area contributed by atoms with Crippen LogP contribution in [0.15, 0.2) is 84.0 Å². The Bertz CT molecular complexity index is 1100. The highest BCUT2D eigenvalue weighted by molar-refractivity contribution is 8.15. The Morgan fingerprint density at radius 3 is 2.44 bits per heavy atom. The number of ether oxygens (including phenoxy) is 1. The monoisotopic (exact) mass is 446 g/mol. The van der Waals surface area contributed by atoms with Gasteiger partial charge in [0, 0.05) is 0 Å². The van der Waals surface area contributed by atoms with Crippen molar-refractivity contribution < 1.29 is 19.2 Å². The normalized spacial score (nSPS) is 15.7. The van der Waals surface area contributed by atoms with E-state index in [-0.39, 0.29) is 16.4 Å². The van der Waals surface area contributed by atoms with E-state index in [0.717, 1.165) is 34.0 Å². The average Bonchev–Trinajstić information content (AvgIpc) is 3.14. The molecule has 0 bridgehead atoms. The summed E-state index contributed by atoms with van der Waals surface area (Å²) in [6, 6.07) is 25.7. The highest BCUT2D eigenvalue weighted by atomic mass is 32.2. The van der Waals surface area contributed by atoms with Crippen LogP contribution >= 0.6 is 11.8 Å². The fourth-order valence-electron chi connectivity index (χ4n) is 3.24. The quantitative estimate of drug-likeness (QED) is 0.293. The summed E-state index contributed by atoms with van der Waals surface area (Å²) in [6.07, 6.45) is 2.19. The van der Waals surface area contributed by atoms with Crippen LogP contribution in [0.5, 0.6) is 5.75 Å². The van der Waals surface area contributed by atoms with Crippen LogP contribution in [-0.2, 0) is 16.1 Å². The fourth-order valence-corrected chi connectivity index (χ4v) is 4.10. The minimum absolute atomic E-state index is 0.232. The van der Waals surface area contributed by atoms with E-state index in [1.54, 1.807) is 6.21 Å². The molecule has 0 radical (unpaired) electrons. The van der Waals surface area contributed by atoms with Gasteiger partial charge in [-0.25, -0.2) is 0 Å². The number of carbonyl (C=O) groups excluding carboxylic acids is 2. The molecular weight excluding hydrogens is 424 g/mol. The van der Waals surface area contributed by atoms with Crippen molar-refractivity contribution >= 4 is 29.1 Å². The summed E-state index contributed by atoms with van der Waals surface area (Å²) >= 11 is 1.03. The molecule has 1 unspecified atom stereocenters. The molecule has 1 fully saturated rings. The van der Waals surface area contributed by atoms with Crippen molar-refractivity contribution in [1.29, 1.82) is 0 Å². The molecular formula is C25H22N2O4S. The van der Waals surface area contributed by atoms with Crippen molar-refractivity contribution in [3.63, 3.8) is 0 Å². The summed E-state index contributed by atoms with van der Waals surface area (Å²) in [7, 11) is 0. The number of thioether (sulfide) groups is 1. The average molecular weight is 447 g/mol. The lowest BCUT2D eigenvalue weighted by Crippen LogP contribution is -2.25. The minimum Gasteiger partial charge on any atom is -0.490 e. The van der Waals surface area contributed by atoms with Crippen LogP contribution in [0.3, 0.4) is 0 Å². The number of carbonyl (C=O) groups is 2. The Morgan fingerprint density at radius 1 is 0.906 bits per heavy atom. The van der Waals surface area contributed by atoms with Gasteiger partial charge in [0.25, 0.3) is 5.24 Å². The SMILES string of the molecule is O=C1NC(=O)C(Cc2ccc(OCCO/N=C\c3cccc(-c4ccccc4)c3)cc2)S1. The first-order valence-electron chi connectivity index (χ1n) is 10.2. The first-order chi connectivity index (χ1) is 15.7. The number of amides is 2. The first-order valence-corrected chi connectivity index (χ1v) is 11.1. The van der Waals surface area contributed by atoms with Crippen molar-refractivity contribution in [3.05, 3.63) is 90.0 Å². The largest absolute Gasteiger partial charge is 0.490 e. The van der Waals surface area contributed by atoms with Crippen molar-refractivity contribution in [2.75, 3.05) is 13.2 Å². The molecule has 6 nitrogen and oxygen atoms in total. The van der Waals surface area contributed by atoms with Gasteiger partial charge in [-0.1, -0.05) is 77.6 Å². The van der Waals surface area contributed by atoms with Crippen molar-refractivity contribution in [2.45, 2.75) is 11.7 Å². The zero-order valence-corrected chi connectivity index (χ0v) is 18.1. The summed E-state index contributed by atoms with van der Waals surface area (Å²) in [6.45, 7) is 0.674. The highest BCUT2D eigenvalue weighted by Gasteiger charge is 2.31.